The Labute approximate surface area is 184 Å². The van der Waals surface area contributed by atoms with Crippen LogP contribution in [0.25, 0.3) is 10.9 Å². The highest BCUT2D eigenvalue weighted by atomic mass is 19.3. The molecule has 0 saturated heterocycles. The number of hydrogen-bond acceptors (Lipinski definition) is 4. The van der Waals surface area contributed by atoms with Gasteiger partial charge in [-0.2, -0.15) is 4.39 Å². The summed E-state index contributed by atoms with van der Waals surface area (Å²) < 4.78 is 62.1. The molecule has 2 saturated carbocycles. The molecule has 3 atom stereocenters. The van der Waals surface area contributed by atoms with E-state index in [9.17, 15) is 27.2 Å². The fourth-order valence-corrected chi connectivity index (χ4v) is 5.34. The number of nitrogens with zero attached hydrogens (tertiary/aromatic N) is 1. The maximum absolute atomic E-state index is 14.4. The smallest absolute Gasteiger partial charge is 0.268 e. The van der Waals surface area contributed by atoms with E-state index in [-0.39, 0.29) is 47.2 Å². The number of fused-ring (bicyclic) bond motifs is 1. The van der Waals surface area contributed by atoms with Crippen LogP contribution in [0.5, 0.6) is 5.75 Å². The number of methoxy groups -OCH3 is 1. The van der Waals surface area contributed by atoms with Crippen molar-refractivity contribution in [3.63, 3.8) is 0 Å². The van der Waals surface area contributed by atoms with E-state index < -0.39 is 46.1 Å². The van der Waals surface area contributed by atoms with Gasteiger partial charge in [0, 0.05) is 41.3 Å². The number of carbonyl (C=O) groups excluding carboxylic acids is 1. The molecular weight excluding hydrogens is 442 g/mol. The molecule has 2 aromatic heterocycles. The molecule has 10 heteroatoms. The Morgan fingerprint density at radius 3 is 2.55 bits per heavy atom. The monoisotopic (exact) mass is 461 g/mol. The summed E-state index contributed by atoms with van der Waals surface area (Å²) in [6.07, 6.45) is 1.06. The van der Waals surface area contributed by atoms with Crippen molar-refractivity contribution in [3.8, 4) is 5.75 Å². The molecule has 2 aliphatic carbocycles. The van der Waals surface area contributed by atoms with E-state index in [1.165, 1.54) is 31.5 Å². The first kappa shape index (κ1) is 21.4. The number of nitrogens with two attached hydrogens (primary N) is 1. The summed E-state index contributed by atoms with van der Waals surface area (Å²) in [5.41, 5.74) is 4.18. The molecule has 0 aliphatic heterocycles. The normalized spacial score (nSPS) is 25.5. The molecule has 33 heavy (non-hydrogen) atoms. The Morgan fingerprint density at radius 1 is 1.21 bits per heavy atom. The Hall–Kier alpha value is -3.43. The first-order valence-corrected chi connectivity index (χ1v) is 10.3. The summed E-state index contributed by atoms with van der Waals surface area (Å²) in [6.45, 7) is 0. The van der Waals surface area contributed by atoms with E-state index in [0.717, 1.165) is 6.07 Å². The second-order valence-corrected chi connectivity index (χ2v) is 8.80. The van der Waals surface area contributed by atoms with E-state index in [4.69, 9.17) is 10.5 Å². The van der Waals surface area contributed by atoms with E-state index in [0.29, 0.717) is 5.69 Å². The van der Waals surface area contributed by atoms with Crippen LogP contribution in [0.1, 0.15) is 52.8 Å². The number of carbonyl (C=O) groups is 1. The van der Waals surface area contributed by atoms with Crippen LogP contribution in [0.2, 0.25) is 0 Å². The number of benzene rings is 1. The zero-order chi connectivity index (χ0) is 23.7. The third-order valence-corrected chi connectivity index (χ3v) is 7.00. The van der Waals surface area contributed by atoms with Crippen LogP contribution in [-0.4, -0.2) is 28.9 Å². The zero-order valence-electron chi connectivity index (χ0n) is 17.4. The lowest BCUT2D eigenvalue weighted by Crippen LogP contribution is -2.19. The lowest BCUT2D eigenvalue weighted by molar-refractivity contribution is 0.0649. The van der Waals surface area contributed by atoms with Gasteiger partial charge < -0.3 is 15.5 Å². The molecular formula is C23H19F4N3O3. The second kappa shape index (κ2) is 7.03. The average molecular weight is 461 g/mol. The van der Waals surface area contributed by atoms with Crippen molar-refractivity contribution in [3.05, 3.63) is 69.3 Å². The molecule has 2 fully saturated rings. The summed E-state index contributed by atoms with van der Waals surface area (Å²) in [5.74, 6) is -7.68. The van der Waals surface area contributed by atoms with Gasteiger partial charge in [-0.25, -0.2) is 13.2 Å². The lowest BCUT2D eigenvalue weighted by atomic mass is 9.85. The maximum atomic E-state index is 14.4. The fraction of sp³-hybridized carbons (Fsp3) is 0.348. The molecule has 2 aliphatic rings. The molecule has 1 spiro atoms. The van der Waals surface area contributed by atoms with Gasteiger partial charge in [-0.05, 0) is 30.9 Å². The van der Waals surface area contributed by atoms with E-state index in [1.54, 1.807) is 0 Å². The number of alkyl halides is 2. The number of aromatic nitrogens is 2. The van der Waals surface area contributed by atoms with Crippen LogP contribution in [0.4, 0.5) is 17.6 Å². The van der Waals surface area contributed by atoms with Crippen molar-refractivity contribution >= 4 is 16.8 Å². The predicted molar refractivity (Wildman–Crippen MR) is 111 cm³/mol. The van der Waals surface area contributed by atoms with Crippen molar-refractivity contribution in [2.24, 2.45) is 11.1 Å². The summed E-state index contributed by atoms with van der Waals surface area (Å²) in [7, 11) is 1.18. The van der Waals surface area contributed by atoms with Gasteiger partial charge in [-0.15, -0.1) is 0 Å². The number of aromatic amines is 1. The Balaban J connectivity index is 1.68. The van der Waals surface area contributed by atoms with Crippen LogP contribution >= 0.6 is 0 Å². The minimum Gasteiger partial charge on any atom is -0.493 e. The Kier molecular flexibility index (Phi) is 4.56. The largest absolute Gasteiger partial charge is 0.493 e. The van der Waals surface area contributed by atoms with Crippen LogP contribution in [-0.2, 0) is 0 Å². The van der Waals surface area contributed by atoms with Gasteiger partial charge in [0.15, 0.2) is 17.0 Å². The number of rotatable bonds is 4. The number of amides is 1. The van der Waals surface area contributed by atoms with E-state index >= 15 is 0 Å². The molecule has 3 aromatic rings. The molecule has 2 heterocycles. The fourth-order valence-electron chi connectivity index (χ4n) is 5.34. The molecule has 1 aromatic carbocycles. The summed E-state index contributed by atoms with van der Waals surface area (Å²) >= 11 is 0. The van der Waals surface area contributed by atoms with Gasteiger partial charge in [-0.1, -0.05) is 6.07 Å². The molecule has 5 rings (SSSR count). The number of ether oxygens (including phenoxy) is 1. The minimum atomic E-state index is -2.88. The molecule has 3 N–H and O–H groups in total. The highest BCUT2D eigenvalue weighted by Gasteiger charge is 2.74. The Morgan fingerprint density at radius 2 is 1.91 bits per heavy atom. The number of nitrogens with one attached hydrogen (secondary N) is 1. The van der Waals surface area contributed by atoms with Crippen molar-refractivity contribution in [1.29, 1.82) is 0 Å². The van der Waals surface area contributed by atoms with Gasteiger partial charge in [0.2, 0.25) is 5.82 Å². The molecule has 2 unspecified atom stereocenters. The van der Waals surface area contributed by atoms with Gasteiger partial charge >= 0.3 is 0 Å². The number of halogens is 4. The number of hydrogen-bond donors (Lipinski definition) is 2. The molecule has 1 amide bonds. The highest BCUT2D eigenvalue weighted by Crippen LogP contribution is 2.74. The van der Waals surface area contributed by atoms with Crippen LogP contribution in [0.15, 0.2) is 35.3 Å². The SMILES string of the molecule is COc1c([C@@H]2CC3(CC2c2cc(=O)c4c(C(N)=O)nccc4[nH]2)CC3(F)F)ccc(F)c1F. The lowest BCUT2D eigenvalue weighted by Gasteiger charge is -2.23. The summed E-state index contributed by atoms with van der Waals surface area (Å²) in [4.78, 5) is 31.5. The van der Waals surface area contributed by atoms with Crippen molar-refractivity contribution in [1.82, 2.24) is 9.97 Å². The second-order valence-electron chi connectivity index (χ2n) is 8.80. The minimum absolute atomic E-state index is 0.000157. The molecule has 0 bridgehead atoms. The van der Waals surface area contributed by atoms with Crippen molar-refractivity contribution in [2.45, 2.75) is 37.0 Å². The summed E-state index contributed by atoms with van der Waals surface area (Å²) in [5, 5.41) is 0.000157. The quantitative estimate of drug-likeness (QED) is 0.574. The van der Waals surface area contributed by atoms with Gasteiger partial charge in [0.25, 0.3) is 11.8 Å². The number of primary amides is 1. The van der Waals surface area contributed by atoms with Gasteiger partial charge in [-0.3, -0.25) is 14.6 Å². The van der Waals surface area contributed by atoms with Gasteiger partial charge in [0.1, 0.15) is 5.69 Å². The van der Waals surface area contributed by atoms with Crippen molar-refractivity contribution < 1.29 is 27.1 Å². The number of H-pyrrole nitrogens is 1. The average Bonchev–Trinajstić information content (AvgIpc) is 3.10. The summed E-state index contributed by atoms with van der Waals surface area (Å²) in [6, 6.07) is 4.99. The van der Waals surface area contributed by atoms with E-state index in [2.05, 4.69) is 9.97 Å². The topological polar surface area (TPSA) is 98.1 Å². The third kappa shape index (κ3) is 3.11. The third-order valence-electron chi connectivity index (χ3n) is 7.00. The maximum Gasteiger partial charge on any atom is 0.268 e. The standard InChI is InChI=1S/C23H19F4N3O3/c1-33-20-10(2-3-13(24)18(20)25)11-7-22(9-23(22,26)27)8-12(11)15-6-16(31)17-14(30-15)4-5-29-19(17)21(28)32/h2-6,11-12H,7-9H2,1H3,(H2,28,32)(H,30,31)/t11-,12?,22?/m0/s1. The highest BCUT2D eigenvalue weighted by molar-refractivity contribution is 6.03. The molecule has 0 radical (unpaired) electrons. The van der Waals surface area contributed by atoms with Crippen LogP contribution < -0.4 is 15.9 Å². The molecule has 172 valence electrons. The van der Waals surface area contributed by atoms with Crippen LogP contribution in [0.3, 0.4) is 0 Å². The zero-order valence-corrected chi connectivity index (χ0v) is 17.4. The van der Waals surface area contributed by atoms with Gasteiger partial charge in [0.05, 0.1) is 18.0 Å². The van der Waals surface area contributed by atoms with Crippen LogP contribution in [0, 0.1) is 17.0 Å². The van der Waals surface area contributed by atoms with E-state index in [1.807, 2.05) is 0 Å². The first-order valence-electron chi connectivity index (χ1n) is 10.3. The number of pyridine rings is 2. The Bertz CT molecular complexity index is 1370. The first-order chi connectivity index (χ1) is 15.6. The van der Waals surface area contributed by atoms with Crippen molar-refractivity contribution in [2.75, 3.05) is 7.11 Å². The predicted octanol–water partition coefficient (Wildman–Crippen LogP) is 4.00. The molecule has 6 nitrogen and oxygen atoms in total.